The van der Waals surface area contributed by atoms with E-state index in [-0.39, 0.29) is 18.5 Å². The molecule has 0 radical (unpaired) electrons. The van der Waals surface area contributed by atoms with Crippen molar-refractivity contribution >= 4 is 29.2 Å². The van der Waals surface area contributed by atoms with Gasteiger partial charge in [-0.25, -0.2) is 9.97 Å². The second-order valence-corrected chi connectivity index (χ2v) is 7.33. The summed E-state index contributed by atoms with van der Waals surface area (Å²) >= 11 is 1.61. The van der Waals surface area contributed by atoms with Gasteiger partial charge in [0.05, 0.1) is 6.54 Å². The van der Waals surface area contributed by atoms with E-state index in [1.165, 1.54) is 0 Å². The molecule has 3 aromatic rings. The summed E-state index contributed by atoms with van der Waals surface area (Å²) in [5.74, 6) is 0.964. The van der Waals surface area contributed by atoms with E-state index in [0.29, 0.717) is 5.89 Å². The number of carbonyl (C=O) groups excluding carboxylic acids is 1. The third-order valence-electron chi connectivity index (χ3n) is 4.22. The van der Waals surface area contributed by atoms with E-state index in [2.05, 4.69) is 35.3 Å². The van der Waals surface area contributed by atoms with Crippen molar-refractivity contribution in [3.63, 3.8) is 0 Å². The predicted molar refractivity (Wildman–Crippen MR) is 102 cm³/mol. The number of carbonyl (C=O) groups is 1. The van der Waals surface area contributed by atoms with Gasteiger partial charge in [-0.3, -0.25) is 15.0 Å². The molecule has 4 heterocycles. The van der Waals surface area contributed by atoms with Gasteiger partial charge in [-0.05, 0) is 19.1 Å². The number of piperazine rings is 1. The molecule has 4 rings (SSSR count). The van der Waals surface area contributed by atoms with Crippen molar-refractivity contribution < 1.29 is 9.21 Å². The molecule has 1 N–H and O–H groups in total. The fraction of sp³-hybridized carbons (Fsp3) is 0.353. The molecule has 0 atom stereocenters. The molecule has 0 aliphatic carbocycles. The minimum atomic E-state index is -0.170. The summed E-state index contributed by atoms with van der Waals surface area (Å²) in [6.45, 7) is 5.36. The standard InChI is InChI=1S/C17H19N7O2S/c1-12-9-13(11-27-12)15-21-22-17(26-15)20-14(25)10-23-5-7-24(8-6-23)16-18-3-2-4-19-16/h2-4,9,11H,5-8,10H2,1H3,(H,20,22,25). The van der Waals surface area contributed by atoms with Crippen LogP contribution in [0.3, 0.4) is 0 Å². The largest absolute Gasteiger partial charge is 0.403 e. The van der Waals surface area contributed by atoms with Crippen LogP contribution in [0.15, 0.2) is 34.3 Å². The highest BCUT2D eigenvalue weighted by atomic mass is 32.1. The molecule has 1 saturated heterocycles. The topological polar surface area (TPSA) is 100 Å². The molecule has 0 spiro atoms. The summed E-state index contributed by atoms with van der Waals surface area (Å²) in [6, 6.07) is 3.89. The molecule has 27 heavy (non-hydrogen) atoms. The number of hydrogen-bond donors (Lipinski definition) is 1. The van der Waals surface area contributed by atoms with Gasteiger partial charge in [0.15, 0.2) is 0 Å². The molecule has 3 aromatic heterocycles. The lowest BCUT2D eigenvalue weighted by molar-refractivity contribution is -0.117. The van der Waals surface area contributed by atoms with Crippen molar-refractivity contribution in [3.8, 4) is 11.5 Å². The summed E-state index contributed by atoms with van der Waals surface area (Å²) in [5.41, 5.74) is 0.866. The monoisotopic (exact) mass is 385 g/mol. The Balaban J connectivity index is 1.27. The number of aryl methyl sites for hydroxylation is 1. The Labute approximate surface area is 160 Å². The van der Waals surface area contributed by atoms with Gasteiger partial charge in [-0.2, -0.15) is 0 Å². The first-order valence-corrected chi connectivity index (χ1v) is 9.48. The van der Waals surface area contributed by atoms with Crippen LogP contribution in [0, 0.1) is 6.92 Å². The molecule has 1 aliphatic rings. The zero-order chi connectivity index (χ0) is 18.6. The van der Waals surface area contributed by atoms with E-state index < -0.39 is 0 Å². The quantitative estimate of drug-likeness (QED) is 0.708. The lowest BCUT2D eigenvalue weighted by atomic mass is 10.3. The molecule has 0 unspecified atom stereocenters. The van der Waals surface area contributed by atoms with Gasteiger partial charge in [-0.15, -0.1) is 16.4 Å². The number of aromatic nitrogens is 4. The van der Waals surface area contributed by atoms with E-state index in [1.54, 1.807) is 29.8 Å². The Kier molecular flexibility index (Phi) is 5.07. The Morgan fingerprint density at radius 1 is 1.22 bits per heavy atom. The third kappa shape index (κ3) is 4.29. The number of thiophene rings is 1. The average molecular weight is 385 g/mol. The van der Waals surface area contributed by atoms with Crippen LogP contribution in [0.1, 0.15) is 4.88 Å². The molecule has 0 aromatic carbocycles. The number of nitrogens with zero attached hydrogens (tertiary/aromatic N) is 6. The Morgan fingerprint density at radius 3 is 2.70 bits per heavy atom. The highest BCUT2D eigenvalue weighted by Crippen LogP contribution is 2.25. The normalized spacial score (nSPS) is 15.1. The lowest BCUT2D eigenvalue weighted by Gasteiger charge is -2.34. The maximum absolute atomic E-state index is 12.3. The number of anilines is 2. The Bertz CT molecular complexity index is 903. The molecule has 9 nitrogen and oxygen atoms in total. The van der Waals surface area contributed by atoms with Crippen LogP contribution < -0.4 is 10.2 Å². The van der Waals surface area contributed by atoms with Crippen LogP contribution in [-0.2, 0) is 4.79 Å². The summed E-state index contributed by atoms with van der Waals surface area (Å²) in [6.07, 6.45) is 3.47. The first-order chi connectivity index (χ1) is 13.2. The van der Waals surface area contributed by atoms with E-state index in [9.17, 15) is 4.79 Å². The van der Waals surface area contributed by atoms with Gasteiger partial charge < -0.3 is 9.32 Å². The van der Waals surface area contributed by atoms with E-state index in [1.807, 2.05) is 18.4 Å². The van der Waals surface area contributed by atoms with Crippen molar-refractivity contribution in [2.24, 2.45) is 0 Å². The predicted octanol–water partition coefficient (Wildman–Crippen LogP) is 1.66. The smallest absolute Gasteiger partial charge is 0.322 e. The van der Waals surface area contributed by atoms with Crippen molar-refractivity contribution in [2.45, 2.75) is 6.92 Å². The number of nitrogens with one attached hydrogen (secondary N) is 1. The maximum atomic E-state index is 12.3. The Morgan fingerprint density at radius 2 is 2.00 bits per heavy atom. The first-order valence-electron chi connectivity index (χ1n) is 8.60. The summed E-state index contributed by atoms with van der Waals surface area (Å²) in [5, 5.41) is 12.5. The van der Waals surface area contributed by atoms with Crippen molar-refractivity contribution in [1.29, 1.82) is 0 Å². The molecule has 10 heteroatoms. The second-order valence-electron chi connectivity index (χ2n) is 6.22. The maximum Gasteiger partial charge on any atom is 0.322 e. The van der Waals surface area contributed by atoms with E-state index in [4.69, 9.17) is 4.42 Å². The molecule has 1 aliphatic heterocycles. The fourth-order valence-corrected chi connectivity index (χ4v) is 3.55. The minimum absolute atomic E-state index is 0.121. The number of amides is 1. The highest BCUT2D eigenvalue weighted by molar-refractivity contribution is 7.10. The van der Waals surface area contributed by atoms with Crippen LogP contribution >= 0.6 is 11.3 Å². The van der Waals surface area contributed by atoms with Crippen molar-refractivity contribution in [1.82, 2.24) is 25.1 Å². The molecule has 1 amide bonds. The third-order valence-corrected chi connectivity index (χ3v) is 5.08. The Hall–Kier alpha value is -2.85. The van der Waals surface area contributed by atoms with Crippen LogP contribution in [0.5, 0.6) is 0 Å². The van der Waals surface area contributed by atoms with Gasteiger partial charge in [0.25, 0.3) is 5.89 Å². The molecule has 0 saturated carbocycles. The summed E-state index contributed by atoms with van der Waals surface area (Å²) in [7, 11) is 0. The lowest BCUT2D eigenvalue weighted by Crippen LogP contribution is -2.49. The van der Waals surface area contributed by atoms with Crippen LogP contribution in [-0.4, -0.2) is 63.7 Å². The van der Waals surface area contributed by atoms with Crippen LogP contribution in [0.4, 0.5) is 12.0 Å². The molecule has 0 bridgehead atoms. The SMILES string of the molecule is Cc1cc(-c2nnc(NC(=O)CN3CCN(c4ncccn4)CC3)o2)cs1. The van der Waals surface area contributed by atoms with Gasteiger partial charge in [0.1, 0.15) is 0 Å². The van der Waals surface area contributed by atoms with Crippen molar-refractivity contribution in [2.75, 3.05) is 42.9 Å². The molecular weight excluding hydrogens is 366 g/mol. The van der Waals surface area contributed by atoms with E-state index >= 15 is 0 Å². The zero-order valence-corrected chi connectivity index (χ0v) is 15.6. The first kappa shape index (κ1) is 17.6. The molecular formula is C17H19N7O2S. The minimum Gasteiger partial charge on any atom is -0.403 e. The van der Waals surface area contributed by atoms with Gasteiger partial charge in [0.2, 0.25) is 11.9 Å². The highest BCUT2D eigenvalue weighted by Gasteiger charge is 2.21. The van der Waals surface area contributed by atoms with Gasteiger partial charge in [0, 0.05) is 54.4 Å². The number of rotatable bonds is 5. The fourth-order valence-electron chi connectivity index (χ4n) is 2.87. The molecule has 1 fully saturated rings. The number of hydrogen-bond acceptors (Lipinski definition) is 9. The van der Waals surface area contributed by atoms with Gasteiger partial charge >= 0.3 is 6.01 Å². The average Bonchev–Trinajstić information content (AvgIpc) is 3.32. The molecule has 140 valence electrons. The summed E-state index contributed by atoms with van der Waals surface area (Å²) in [4.78, 5) is 26.1. The van der Waals surface area contributed by atoms with E-state index in [0.717, 1.165) is 42.6 Å². The zero-order valence-electron chi connectivity index (χ0n) is 14.8. The van der Waals surface area contributed by atoms with Gasteiger partial charge in [-0.1, -0.05) is 5.10 Å². The van der Waals surface area contributed by atoms with Crippen molar-refractivity contribution in [3.05, 3.63) is 34.8 Å². The van der Waals surface area contributed by atoms with Crippen LogP contribution in [0.2, 0.25) is 0 Å². The second kappa shape index (κ2) is 7.80. The van der Waals surface area contributed by atoms with Crippen LogP contribution in [0.25, 0.3) is 11.5 Å². The summed E-state index contributed by atoms with van der Waals surface area (Å²) < 4.78 is 5.53.